The van der Waals surface area contributed by atoms with Gasteiger partial charge in [0.2, 0.25) is 0 Å². The highest BCUT2D eigenvalue weighted by atomic mass is 16.4. The minimum absolute atomic E-state index is 0.0350. The van der Waals surface area contributed by atoms with E-state index in [0.717, 1.165) is 17.0 Å². The fourth-order valence-electron chi connectivity index (χ4n) is 3.69. The van der Waals surface area contributed by atoms with Gasteiger partial charge in [-0.2, -0.15) is 5.10 Å². The van der Waals surface area contributed by atoms with E-state index in [4.69, 9.17) is 4.42 Å². The lowest BCUT2D eigenvalue weighted by Crippen LogP contribution is -2.18. The lowest BCUT2D eigenvalue weighted by molar-refractivity contribution is 0.452. The Morgan fingerprint density at radius 1 is 0.968 bits per heavy atom. The van der Waals surface area contributed by atoms with E-state index in [1.165, 1.54) is 0 Å². The zero-order valence-corrected chi connectivity index (χ0v) is 17.3. The van der Waals surface area contributed by atoms with Crippen molar-refractivity contribution in [1.82, 2.24) is 0 Å². The molecule has 1 atom stereocenters. The predicted molar refractivity (Wildman–Crippen MR) is 125 cm³/mol. The van der Waals surface area contributed by atoms with Crippen molar-refractivity contribution >= 4 is 22.4 Å². The highest BCUT2D eigenvalue weighted by molar-refractivity contribution is 5.88. The van der Waals surface area contributed by atoms with Gasteiger partial charge in [-0.3, -0.25) is 5.43 Å². The van der Waals surface area contributed by atoms with Crippen LogP contribution < -0.4 is 11.1 Å². The van der Waals surface area contributed by atoms with E-state index in [0.29, 0.717) is 23.8 Å². The van der Waals surface area contributed by atoms with Crippen molar-refractivity contribution in [2.24, 2.45) is 5.10 Å². The third kappa shape index (κ3) is 4.51. The van der Waals surface area contributed by atoms with Gasteiger partial charge in [0.1, 0.15) is 11.3 Å². The zero-order valence-electron chi connectivity index (χ0n) is 17.3. The second-order valence-electron chi connectivity index (χ2n) is 7.32. The Balaban J connectivity index is 1.77. The van der Waals surface area contributed by atoms with Gasteiger partial charge >= 0.3 is 5.63 Å². The molecule has 1 heterocycles. The Bertz CT molecular complexity index is 1250. The molecular formula is C26H24N2O3. The van der Waals surface area contributed by atoms with E-state index in [1.807, 2.05) is 73.7 Å². The van der Waals surface area contributed by atoms with Gasteiger partial charge in [0, 0.05) is 11.6 Å². The van der Waals surface area contributed by atoms with E-state index in [2.05, 4.69) is 10.5 Å². The molecule has 0 aliphatic carbocycles. The third-order valence-electron chi connectivity index (χ3n) is 5.34. The number of nitrogens with zero attached hydrogens (tertiary/aromatic N) is 1. The molecule has 0 spiro atoms. The Morgan fingerprint density at radius 2 is 1.61 bits per heavy atom. The lowest BCUT2D eigenvalue weighted by Gasteiger charge is -2.19. The molecule has 156 valence electrons. The van der Waals surface area contributed by atoms with Crippen molar-refractivity contribution in [2.45, 2.75) is 25.7 Å². The Kier molecular flexibility index (Phi) is 6.13. The summed E-state index contributed by atoms with van der Waals surface area (Å²) in [6.07, 6.45) is 1.17. The van der Waals surface area contributed by atoms with Gasteiger partial charge in [-0.15, -0.1) is 0 Å². The number of aromatic hydroxyl groups is 1. The number of fused-ring (bicyclic) bond motifs is 1. The van der Waals surface area contributed by atoms with Crippen LogP contribution in [0.3, 0.4) is 0 Å². The van der Waals surface area contributed by atoms with E-state index in [-0.39, 0.29) is 11.3 Å². The summed E-state index contributed by atoms with van der Waals surface area (Å²) in [5, 5.41) is 16.1. The van der Waals surface area contributed by atoms with Crippen molar-refractivity contribution in [3.63, 3.8) is 0 Å². The van der Waals surface area contributed by atoms with Gasteiger partial charge in [-0.1, -0.05) is 67.6 Å². The number of para-hydroxylation sites is 2. The van der Waals surface area contributed by atoms with Crippen LogP contribution >= 0.6 is 0 Å². The second-order valence-corrected chi connectivity index (χ2v) is 7.32. The number of nitrogens with one attached hydrogen (secondary N) is 1. The van der Waals surface area contributed by atoms with Crippen molar-refractivity contribution in [3.8, 4) is 5.75 Å². The van der Waals surface area contributed by atoms with E-state index in [9.17, 15) is 9.90 Å². The highest BCUT2D eigenvalue weighted by Crippen LogP contribution is 2.36. The van der Waals surface area contributed by atoms with Crippen LogP contribution in [0.5, 0.6) is 5.75 Å². The molecule has 3 aromatic carbocycles. The molecule has 0 bridgehead atoms. The van der Waals surface area contributed by atoms with Gasteiger partial charge in [0.15, 0.2) is 0 Å². The summed E-state index contributed by atoms with van der Waals surface area (Å²) in [5.74, 6) is -0.425. The van der Waals surface area contributed by atoms with Crippen LogP contribution in [0.4, 0.5) is 5.69 Å². The van der Waals surface area contributed by atoms with Crippen LogP contribution in [-0.4, -0.2) is 10.8 Å². The summed E-state index contributed by atoms with van der Waals surface area (Å²) in [5.41, 5.74) is 5.87. The van der Waals surface area contributed by atoms with Crippen molar-refractivity contribution in [2.75, 3.05) is 5.43 Å². The van der Waals surface area contributed by atoms with E-state index < -0.39 is 11.5 Å². The molecule has 4 aromatic rings. The molecule has 1 aromatic heterocycles. The summed E-state index contributed by atoms with van der Waals surface area (Å²) in [6.45, 7) is 2.02. The highest BCUT2D eigenvalue weighted by Gasteiger charge is 2.26. The molecule has 0 aliphatic rings. The van der Waals surface area contributed by atoms with Gasteiger partial charge in [-0.05, 0) is 42.7 Å². The number of benzene rings is 3. The number of anilines is 1. The van der Waals surface area contributed by atoms with Crippen molar-refractivity contribution in [3.05, 3.63) is 106 Å². The lowest BCUT2D eigenvalue weighted by atomic mass is 9.86. The van der Waals surface area contributed by atoms with Crippen LogP contribution in [0.2, 0.25) is 0 Å². The molecule has 0 fully saturated rings. The van der Waals surface area contributed by atoms with Gasteiger partial charge in [0.05, 0.1) is 16.6 Å². The standard InChI is InChI=1S/C26H24N2O3/c1-2-19(27-28-20-13-7-4-8-14-20)17-22(18-11-5-3-6-12-18)24-25(29)21-15-9-10-16-23(21)31-26(24)30/h3-16,22,28-29H,2,17H2,1H3/b27-19-/t22-/m1/s1. The molecular weight excluding hydrogens is 388 g/mol. The molecule has 4 rings (SSSR count). The van der Waals surface area contributed by atoms with Crippen LogP contribution in [0, 0.1) is 0 Å². The van der Waals surface area contributed by atoms with Crippen molar-refractivity contribution in [1.29, 1.82) is 0 Å². The topological polar surface area (TPSA) is 74.8 Å². The number of hydrazone groups is 1. The minimum atomic E-state index is -0.531. The molecule has 5 nitrogen and oxygen atoms in total. The quantitative estimate of drug-likeness (QED) is 0.225. The fraction of sp³-hybridized carbons (Fsp3) is 0.154. The second kappa shape index (κ2) is 9.30. The number of rotatable bonds is 7. The average molecular weight is 412 g/mol. The first-order chi connectivity index (χ1) is 15.2. The number of hydrogen-bond donors (Lipinski definition) is 2. The third-order valence-corrected chi connectivity index (χ3v) is 5.34. The van der Waals surface area contributed by atoms with E-state index >= 15 is 0 Å². The Labute approximate surface area is 180 Å². The number of hydrogen-bond acceptors (Lipinski definition) is 5. The van der Waals surface area contributed by atoms with Crippen LogP contribution in [-0.2, 0) is 0 Å². The molecule has 0 unspecified atom stereocenters. The molecule has 5 heteroatoms. The average Bonchev–Trinajstić information content (AvgIpc) is 2.82. The molecule has 0 radical (unpaired) electrons. The Hall–Kier alpha value is -3.86. The monoisotopic (exact) mass is 412 g/mol. The SMILES string of the molecule is CC/C(C[C@H](c1ccccc1)c1c(O)c2ccccc2oc1=O)=N/Nc1ccccc1. The van der Waals surface area contributed by atoms with Crippen molar-refractivity contribution < 1.29 is 9.52 Å². The van der Waals surface area contributed by atoms with Gasteiger partial charge in [-0.25, -0.2) is 4.79 Å². The Morgan fingerprint density at radius 3 is 2.32 bits per heavy atom. The maximum Gasteiger partial charge on any atom is 0.343 e. The summed E-state index contributed by atoms with van der Waals surface area (Å²) < 4.78 is 5.55. The predicted octanol–water partition coefficient (Wildman–Crippen LogP) is 5.90. The van der Waals surface area contributed by atoms with Gasteiger partial charge in [0.25, 0.3) is 0 Å². The van der Waals surface area contributed by atoms with Gasteiger partial charge < -0.3 is 9.52 Å². The first-order valence-electron chi connectivity index (χ1n) is 10.3. The summed E-state index contributed by atoms with van der Waals surface area (Å²) in [7, 11) is 0. The maximum absolute atomic E-state index is 12.9. The smallest absolute Gasteiger partial charge is 0.343 e. The first-order valence-corrected chi connectivity index (χ1v) is 10.3. The van der Waals surface area contributed by atoms with E-state index in [1.54, 1.807) is 18.2 Å². The summed E-state index contributed by atoms with van der Waals surface area (Å²) in [6, 6.07) is 26.4. The van der Waals surface area contributed by atoms with Crippen LogP contribution in [0.15, 0.2) is 99.2 Å². The molecule has 31 heavy (non-hydrogen) atoms. The zero-order chi connectivity index (χ0) is 21.6. The molecule has 2 N–H and O–H groups in total. The fourth-order valence-corrected chi connectivity index (χ4v) is 3.69. The molecule has 0 saturated heterocycles. The maximum atomic E-state index is 12.9. The molecule has 0 aliphatic heterocycles. The van der Waals surface area contributed by atoms with Crippen LogP contribution in [0.1, 0.15) is 36.8 Å². The minimum Gasteiger partial charge on any atom is -0.507 e. The summed E-state index contributed by atoms with van der Waals surface area (Å²) in [4.78, 5) is 12.9. The first kappa shape index (κ1) is 20.4. The normalized spacial score (nSPS) is 12.6. The molecule has 0 saturated carbocycles. The van der Waals surface area contributed by atoms with Crippen LogP contribution in [0.25, 0.3) is 11.0 Å². The largest absolute Gasteiger partial charge is 0.507 e. The molecule has 0 amide bonds. The summed E-state index contributed by atoms with van der Waals surface area (Å²) >= 11 is 0.